The first-order chi connectivity index (χ1) is 15.0. The Balaban J connectivity index is 2.24. The number of carbonyl (C=O) groups excluding carboxylic acids is 4. The third kappa shape index (κ3) is 6.69. The summed E-state index contributed by atoms with van der Waals surface area (Å²) in [4.78, 5) is 50.8. The normalized spacial score (nSPS) is 27.7. The van der Waals surface area contributed by atoms with Crippen LogP contribution >= 0.6 is 0 Å². The van der Waals surface area contributed by atoms with Gasteiger partial charge in [0.05, 0.1) is 13.0 Å². The smallest absolute Gasteiger partial charge is 0.332 e. The van der Waals surface area contributed by atoms with Crippen molar-refractivity contribution in [2.45, 2.75) is 77.6 Å². The van der Waals surface area contributed by atoms with Crippen LogP contribution in [-0.2, 0) is 32.8 Å². The molecule has 0 aromatic rings. The molecule has 0 aliphatic heterocycles. The van der Waals surface area contributed by atoms with Gasteiger partial charge in [0.25, 0.3) is 5.97 Å². The van der Waals surface area contributed by atoms with Gasteiger partial charge in [0.15, 0.2) is 0 Å². The van der Waals surface area contributed by atoms with Crippen molar-refractivity contribution >= 4 is 40.4 Å². The summed E-state index contributed by atoms with van der Waals surface area (Å²) in [6.07, 6.45) is 2.30. The first kappa shape index (κ1) is 27.1. The topological polar surface area (TPSA) is 120 Å². The summed E-state index contributed by atoms with van der Waals surface area (Å²) in [5, 5.41) is 5.87. The Labute approximate surface area is 198 Å². The Hall–Kier alpha value is -2.15. The highest BCUT2D eigenvalue weighted by molar-refractivity contribution is 6.71. The van der Waals surface area contributed by atoms with Gasteiger partial charge >= 0.3 is 11.9 Å². The number of rotatable bonds is 9. The van der Waals surface area contributed by atoms with Crippen LogP contribution in [0.3, 0.4) is 0 Å². The predicted molar refractivity (Wildman–Crippen MR) is 128 cm³/mol. The van der Waals surface area contributed by atoms with Crippen molar-refractivity contribution in [2.24, 2.45) is 17.8 Å². The van der Waals surface area contributed by atoms with E-state index in [1.54, 1.807) is 13.8 Å². The molecular weight excluding hydrogens is 460 g/mol. The second-order valence-electron chi connectivity index (χ2n) is 11.0. The quantitative estimate of drug-likeness (QED) is 0.282. The van der Waals surface area contributed by atoms with Crippen LogP contribution in [0.2, 0.25) is 39.3 Å². The maximum atomic E-state index is 13.4. The van der Waals surface area contributed by atoms with Gasteiger partial charge in [-0.2, -0.15) is 0 Å². The van der Waals surface area contributed by atoms with Gasteiger partial charge in [-0.25, -0.2) is 4.79 Å². The van der Waals surface area contributed by atoms with E-state index in [2.05, 4.69) is 15.4 Å². The lowest BCUT2D eigenvalue weighted by Crippen LogP contribution is -2.61. The van der Waals surface area contributed by atoms with Crippen LogP contribution in [0.5, 0.6) is 0 Å². The van der Waals surface area contributed by atoms with Crippen LogP contribution in [-0.4, -0.2) is 59.1 Å². The molecule has 0 aromatic heterocycles. The van der Waals surface area contributed by atoms with Crippen molar-refractivity contribution in [3.63, 3.8) is 0 Å². The van der Waals surface area contributed by atoms with Gasteiger partial charge in [-0.05, 0) is 71.9 Å². The molecule has 9 nitrogen and oxygen atoms in total. The Morgan fingerprint density at radius 3 is 2.12 bits per heavy atom. The van der Waals surface area contributed by atoms with Gasteiger partial charge in [0.1, 0.15) is 11.6 Å². The van der Waals surface area contributed by atoms with Crippen LogP contribution in [0.25, 0.3) is 0 Å². The first-order valence-corrected chi connectivity index (χ1v) is 18.1. The van der Waals surface area contributed by atoms with E-state index in [1.165, 1.54) is 13.2 Å². The summed E-state index contributed by atoms with van der Waals surface area (Å²) < 4.78 is 16.1. The molecule has 2 rings (SSSR count). The van der Waals surface area contributed by atoms with Gasteiger partial charge in [0.2, 0.25) is 22.5 Å². The Morgan fingerprint density at radius 1 is 1.03 bits per heavy atom. The summed E-state index contributed by atoms with van der Waals surface area (Å²) in [6.45, 7) is 14.8. The molecule has 11 heteroatoms. The van der Waals surface area contributed by atoms with Crippen LogP contribution < -0.4 is 10.6 Å². The minimum atomic E-state index is -2.25. The number of methoxy groups -OCH3 is 1. The van der Waals surface area contributed by atoms with Crippen molar-refractivity contribution < 1.29 is 32.8 Å². The van der Waals surface area contributed by atoms with Gasteiger partial charge in [-0.15, -0.1) is 0 Å². The standard InChI is InChI=1S/C22H38N2O7Si2/c1-13(12-16(25)29-3)23-14(2)19(26)24-22(21(28)31-33(7,8)9)11-10-15-17(18(15)22)20(27)30-32(4,5)6/h12,14-15,17-18,23H,10-11H2,1-9H3,(H,24,26)/b13-12-/t14-,15-,17-,18-,22-/m0/s1. The van der Waals surface area contributed by atoms with Crippen molar-refractivity contribution in [2.75, 3.05) is 7.11 Å². The molecule has 0 heterocycles. The fourth-order valence-electron chi connectivity index (χ4n) is 4.47. The van der Waals surface area contributed by atoms with Gasteiger partial charge in [-0.3, -0.25) is 14.4 Å². The van der Waals surface area contributed by atoms with Crippen molar-refractivity contribution in [3.8, 4) is 0 Å². The Kier molecular flexibility index (Phi) is 7.89. The molecule has 1 amide bonds. The molecule has 2 saturated carbocycles. The van der Waals surface area contributed by atoms with E-state index < -0.39 is 52.0 Å². The van der Waals surface area contributed by atoms with Gasteiger partial charge in [0, 0.05) is 17.7 Å². The second-order valence-corrected chi connectivity index (χ2v) is 19.8. The number of carbonyl (C=O) groups is 4. The van der Waals surface area contributed by atoms with Crippen molar-refractivity contribution in [1.29, 1.82) is 0 Å². The van der Waals surface area contributed by atoms with E-state index in [-0.39, 0.29) is 17.8 Å². The summed E-state index contributed by atoms with van der Waals surface area (Å²) in [7, 11) is -3.06. The summed E-state index contributed by atoms with van der Waals surface area (Å²) in [5.74, 6) is -2.47. The number of nitrogens with one attached hydrogen (secondary N) is 2. The highest BCUT2D eigenvalue weighted by Crippen LogP contribution is 2.63. The maximum Gasteiger partial charge on any atom is 0.332 e. The summed E-state index contributed by atoms with van der Waals surface area (Å²) in [6, 6.07) is -0.729. The highest BCUT2D eigenvalue weighted by atomic mass is 28.4. The maximum absolute atomic E-state index is 13.4. The van der Waals surface area contributed by atoms with Crippen LogP contribution in [0.1, 0.15) is 26.7 Å². The minimum Gasteiger partial charge on any atom is -0.520 e. The molecule has 186 valence electrons. The molecule has 0 radical (unpaired) electrons. The largest absolute Gasteiger partial charge is 0.520 e. The van der Waals surface area contributed by atoms with Gasteiger partial charge in [-0.1, -0.05) is 0 Å². The molecule has 0 unspecified atom stereocenters. The van der Waals surface area contributed by atoms with E-state index in [1.807, 2.05) is 39.3 Å². The Bertz CT molecular complexity index is 847. The number of amides is 1. The molecular formula is C22H38N2O7Si2. The van der Waals surface area contributed by atoms with Crippen molar-refractivity contribution in [1.82, 2.24) is 10.6 Å². The van der Waals surface area contributed by atoms with Crippen LogP contribution in [0.4, 0.5) is 0 Å². The molecule has 33 heavy (non-hydrogen) atoms. The third-order valence-corrected chi connectivity index (χ3v) is 7.38. The lowest BCUT2D eigenvalue weighted by Gasteiger charge is -2.35. The summed E-state index contributed by atoms with van der Waals surface area (Å²) >= 11 is 0. The monoisotopic (exact) mass is 498 g/mol. The van der Waals surface area contributed by atoms with E-state index in [4.69, 9.17) is 8.85 Å². The average molecular weight is 499 g/mol. The van der Waals surface area contributed by atoms with E-state index >= 15 is 0 Å². The average Bonchev–Trinajstić information content (AvgIpc) is 3.26. The van der Waals surface area contributed by atoms with E-state index in [0.717, 1.165) is 0 Å². The lowest BCUT2D eigenvalue weighted by atomic mass is 9.89. The molecule has 2 fully saturated rings. The molecule has 2 aliphatic rings. The number of ether oxygens (including phenoxy) is 1. The van der Waals surface area contributed by atoms with Crippen molar-refractivity contribution in [3.05, 3.63) is 11.8 Å². The number of allylic oxidation sites excluding steroid dienone is 1. The number of hydrogen-bond acceptors (Lipinski definition) is 8. The molecule has 0 spiro atoms. The van der Waals surface area contributed by atoms with Gasteiger partial charge < -0.3 is 24.2 Å². The van der Waals surface area contributed by atoms with E-state index in [0.29, 0.717) is 18.5 Å². The molecule has 0 aromatic carbocycles. The molecule has 0 bridgehead atoms. The zero-order valence-electron chi connectivity index (χ0n) is 21.2. The minimum absolute atomic E-state index is 0.00689. The molecule has 5 atom stereocenters. The Morgan fingerprint density at radius 2 is 1.61 bits per heavy atom. The number of hydrogen-bond donors (Lipinski definition) is 2. The molecule has 2 N–H and O–H groups in total. The van der Waals surface area contributed by atoms with Crippen LogP contribution in [0, 0.1) is 17.8 Å². The lowest BCUT2D eigenvalue weighted by molar-refractivity contribution is -0.148. The van der Waals surface area contributed by atoms with Crippen LogP contribution in [0.15, 0.2) is 11.8 Å². The SMILES string of the molecule is COC(=O)/C=C(/C)N[C@@H](C)C(=O)N[C@@]1(C(=O)O[Si](C)(C)C)CC[C@H]2[C@H](C(=O)O[Si](C)(C)C)[C@H]21. The number of fused-ring (bicyclic) bond motifs is 1. The number of esters is 1. The highest BCUT2D eigenvalue weighted by Gasteiger charge is 2.72. The molecule has 2 aliphatic carbocycles. The third-order valence-electron chi connectivity index (χ3n) is 5.77. The first-order valence-electron chi connectivity index (χ1n) is 11.3. The fraction of sp³-hybridized carbons (Fsp3) is 0.727. The zero-order valence-corrected chi connectivity index (χ0v) is 23.2. The molecule has 0 saturated heterocycles. The zero-order chi connectivity index (χ0) is 25.4. The fourth-order valence-corrected chi connectivity index (χ4v) is 5.95. The second kappa shape index (κ2) is 9.61. The van der Waals surface area contributed by atoms with E-state index in [9.17, 15) is 19.2 Å². The predicted octanol–water partition coefficient (Wildman–Crippen LogP) is 2.31. The summed E-state index contributed by atoms with van der Waals surface area (Å²) in [5.41, 5.74) is -0.809.